The summed E-state index contributed by atoms with van der Waals surface area (Å²) in [6.45, 7) is 1.74. The van der Waals surface area contributed by atoms with Gasteiger partial charge in [-0.25, -0.2) is 15.3 Å². The highest BCUT2D eigenvalue weighted by Gasteiger charge is 2.28. The first kappa shape index (κ1) is 15.2. The largest absolute Gasteiger partial charge is 0.465 e. The molecule has 23 heavy (non-hydrogen) atoms. The summed E-state index contributed by atoms with van der Waals surface area (Å²) in [5.74, 6) is 0.957. The van der Waals surface area contributed by atoms with Crippen LogP contribution in [0.15, 0.2) is 22.9 Å². The van der Waals surface area contributed by atoms with Crippen molar-refractivity contribution in [3.05, 3.63) is 34.8 Å². The molecule has 0 atom stereocenters. The smallest absolute Gasteiger partial charge is 0.340 e. The van der Waals surface area contributed by atoms with Crippen molar-refractivity contribution in [3.8, 4) is 0 Å². The first-order valence-electron chi connectivity index (χ1n) is 7.47. The number of H-pyrrole nitrogens is 1. The van der Waals surface area contributed by atoms with Crippen molar-refractivity contribution in [2.45, 2.75) is 25.7 Å². The Balaban J connectivity index is 2.23. The van der Waals surface area contributed by atoms with Crippen LogP contribution in [0.4, 0.5) is 0 Å². The topological polar surface area (TPSA) is 103 Å². The number of nitrogens with one attached hydrogen (secondary N) is 3. The number of aromatic amines is 1. The second kappa shape index (κ2) is 5.83. The molecule has 0 radical (unpaired) electrons. The number of ether oxygens (including phenoxy) is 1. The average molecular weight is 313 g/mol. The van der Waals surface area contributed by atoms with E-state index in [1.807, 2.05) is 6.07 Å². The number of carbonyl (C=O) groups is 1. The van der Waals surface area contributed by atoms with E-state index >= 15 is 0 Å². The maximum Gasteiger partial charge on any atom is 0.340 e. The van der Waals surface area contributed by atoms with Gasteiger partial charge in [-0.3, -0.25) is 0 Å². The second-order valence-corrected chi connectivity index (χ2v) is 5.63. The van der Waals surface area contributed by atoms with Gasteiger partial charge in [0.25, 0.3) is 0 Å². The number of carbonyl (C=O) groups excluding carboxylic acids is 1. The number of nitrogens with zero attached hydrogens (tertiary/aromatic N) is 2. The van der Waals surface area contributed by atoms with Crippen LogP contribution in [0.1, 0.15) is 47.4 Å². The highest BCUT2D eigenvalue weighted by atomic mass is 16.5. The molecule has 1 aliphatic rings. The lowest BCUT2D eigenvalue weighted by molar-refractivity contribution is 0.0602. The van der Waals surface area contributed by atoms with Crippen LogP contribution in [0, 0.1) is 5.53 Å². The predicted octanol–water partition coefficient (Wildman–Crippen LogP) is 3.17. The Hall–Kier alpha value is -2.70. The number of rotatable bonds is 5. The van der Waals surface area contributed by atoms with Crippen molar-refractivity contribution in [3.63, 3.8) is 0 Å². The number of fused-ring (bicyclic) bond motifs is 1. The van der Waals surface area contributed by atoms with E-state index in [2.05, 4.69) is 20.4 Å². The van der Waals surface area contributed by atoms with Crippen LogP contribution in [-0.4, -0.2) is 30.1 Å². The van der Waals surface area contributed by atoms with E-state index in [9.17, 15) is 4.79 Å². The molecule has 1 aliphatic carbocycles. The number of aromatic nitrogens is 2. The van der Waals surface area contributed by atoms with Crippen LogP contribution in [0.3, 0.4) is 0 Å². The lowest BCUT2D eigenvalue weighted by atomic mass is 10.0. The Morgan fingerprint density at radius 3 is 2.78 bits per heavy atom. The fraction of sp³-hybridized carbons (Fsp3) is 0.375. The zero-order valence-electron chi connectivity index (χ0n) is 13.4. The Kier molecular flexibility index (Phi) is 3.85. The number of benzene rings is 1. The van der Waals surface area contributed by atoms with Gasteiger partial charge < -0.3 is 15.0 Å². The third kappa shape index (κ3) is 2.69. The molecule has 3 rings (SSSR count). The van der Waals surface area contributed by atoms with Crippen LogP contribution < -0.4 is 5.32 Å². The van der Waals surface area contributed by atoms with Gasteiger partial charge in [0, 0.05) is 18.5 Å². The second-order valence-electron chi connectivity index (χ2n) is 5.63. The lowest BCUT2D eigenvalue weighted by Crippen LogP contribution is -2.09. The summed E-state index contributed by atoms with van der Waals surface area (Å²) in [6, 6.07) is 3.63. The van der Waals surface area contributed by atoms with Crippen molar-refractivity contribution >= 4 is 22.7 Å². The van der Waals surface area contributed by atoms with E-state index in [1.165, 1.54) is 7.11 Å². The Labute approximate surface area is 133 Å². The Morgan fingerprint density at radius 2 is 2.22 bits per heavy atom. The number of allylic oxidation sites excluding steroid dienone is 1. The molecule has 2 aromatic rings. The molecule has 1 fully saturated rings. The monoisotopic (exact) mass is 313 g/mol. The number of hydrogen-bond donors (Lipinski definition) is 3. The molecule has 3 N–H and O–H groups in total. The molecule has 0 spiro atoms. The van der Waals surface area contributed by atoms with Gasteiger partial charge in [0.15, 0.2) is 0 Å². The average Bonchev–Trinajstić information content (AvgIpc) is 3.33. The van der Waals surface area contributed by atoms with Crippen molar-refractivity contribution in [2.24, 2.45) is 5.11 Å². The fourth-order valence-electron chi connectivity index (χ4n) is 2.69. The third-order valence-corrected chi connectivity index (χ3v) is 4.05. The van der Waals surface area contributed by atoms with Gasteiger partial charge in [0.2, 0.25) is 0 Å². The molecule has 1 aromatic heterocycles. The van der Waals surface area contributed by atoms with E-state index in [-0.39, 0.29) is 0 Å². The molecule has 120 valence electrons. The van der Waals surface area contributed by atoms with E-state index in [0.717, 1.165) is 29.7 Å². The zero-order valence-corrected chi connectivity index (χ0v) is 13.4. The van der Waals surface area contributed by atoms with E-state index in [4.69, 9.17) is 10.3 Å². The first-order valence-corrected chi connectivity index (χ1v) is 7.47. The molecule has 1 heterocycles. The Morgan fingerprint density at radius 1 is 1.48 bits per heavy atom. The molecule has 1 saturated carbocycles. The third-order valence-electron chi connectivity index (χ3n) is 4.05. The highest BCUT2D eigenvalue weighted by molar-refractivity contribution is 6.03. The van der Waals surface area contributed by atoms with Crippen LogP contribution in [-0.2, 0) is 4.74 Å². The Bertz CT molecular complexity index is 817. The summed E-state index contributed by atoms with van der Waals surface area (Å²) in [5, 5.41) is 6.51. The summed E-state index contributed by atoms with van der Waals surface area (Å²) in [7, 11) is 3.12. The van der Waals surface area contributed by atoms with Gasteiger partial charge in [0.1, 0.15) is 5.82 Å². The van der Waals surface area contributed by atoms with E-state index in [1.54, 1.807) is 20.0 Å². The van der Waals surface area contributed by atoms with Gasteiger partial charge in [-0.2, -0.15) is 5.11 Å². The standard InChI is InChI=1S/C16H19N5O2/c1-8(21-17)13(18-2)10-6-11(16(22)23-3)14-12(7-10)19-15(20-14)9-4-5-9/h6-7,9,17-18H,4-5H2,1-3H3,(H,19,20)/b13-8-,21-17?. The minimum atomic E-state index is -0.418. The summed E-state index contributed by atoms with van der Waals surface area (Å²) in [4.78, 5) is 20.0. The number of imidazole rings is 1. The number of methoxy groups -OCH3 is 1. The highest BCUT2D eigenvalue weighted by Crippen LogP contribution is 2.39. The van der Waals surface area contributed by atoms with Crippen LogP contribution in [0.25, 0.3) is 16.7 Å². The van der Waals surface area contributed by atoms with E-state index in [0.29, 0.717) is 28.4 Å². The molecule has 7 heteroatoms. The SMILES string of the molecule is CN/C(=C(/C)N=N)c1cc(C(=O)OC)c2[nH]c(C3CC3)nc2c1. The number of esters is 1. The predicted molar refractivity (Wildman–Crippen MR) is 86.2 cm³/mol. The maximum atomic E-state index is 12.2. The van der Waals surface area contributed by atoms with Gasteiger partial charge in [0.05, 0.1) is 35.1 Å². The zero-order chi connectivity index (χ0) is 16.6. The van der Waals surface area contributed by atoms with Gasteiger partial charge in [-0.05, 0) is 31.9 Å². The number of hydrogen-bond acceptors (Lipinski definition) is 6. The van der Waals surface area contributed by atoms with Crippen molar-refractivity contribution in [2.75, 3.05) is 14.2 Å². The molecule has 0 amide bonds. The molecule has 0 unspecified atom stereocenters. The van der Waals surface area contributed by atoms with Gasteiger partial charge >= 0.3 is 5.97 Å². The summed E-state index contributed by atoms with van der Waals surface area (Å²) in [5.41, 5.74) is 11.0. The first-order chi connectivity index (χ1) is 11.1. The molecule has 1 aromatic carbocycles. The van der Waals surface area contributed by atoms with Crippen LogP contribution in [0.2, 0.25) is 0 Å². The van der Waals surface area contributed by atoms with Crippen LogP contribution >= 0.6 is 0 Å². The lowest BCUT2D eigenvalue weighted by Gasteiger charge is -2.10. The minimum Gasteiger partial charge on any atom is -0.465 e. The summed E-state index contributed by atoms with van der Waals surface area (Å²) in [6.07, 6.45) is 2.25. The molecule has 0 saturated heterocycles. The van der Waals surface area contributed by atoms with Crippen molar-refractivity contribution in [1.82, 2.24) is 15.3 Å². The van der Waals surface area contributed by atoms with Gasteiger partial charge in [-0.15, -0.1) is 0 Å². The molecular weight excluding hydrogens is 294 g/mol. The molecular formula is C16H19N5O2. The maximum absolute atomic E-state index is 12.2. The van der Waals surface area contributed by atoms with Crippen LogP contribution in [0.5, 0.6) is 0 Å². The van der Waals surface area contributed by atoms with Crippen molar-refractivity contribution < 1.29 is 9.53 Å². The quantitative estimate of drug-likeness (QED) is 0.582. The molecule has 7 nitrogen and oxygen atoms in total. The van der Waals surface area contributed by atoms with Crippen molar-refractivity contribution in [1.29, 1.82) is 5.53 Å². The molecule has 0 aliphatic heterocycles. The minimum absolute atomic E-state index is 0.418. The molecule has 0 bridgehead atoms. The summed E-state index contributed by atoms with van der Waals surface area (Å²) >= 11 is 0. The normalized spacial score (nSPS) is 15.3. The summed E-state index contributed by atoms with van der Waals surface area (Å²) < 4.78 is 4.90. The van der Waals surface area contributed by atoms with Gasteiger partial charge in [-0.1, -0.05) is 0 Å². The van der Waals surface area contributed by atoms with E-state index < -0.39 is 5.97 Å². The fourth-order valence-corrected chi connectivity index (χ4v) is 2.69.